The number of fused-ring (bicyclic) bond motifs is 1. The summed E-state index contributed by atoms with van der Waals surface area (Å²) in [6.07, 6.45) is 6.04. The van der Waals surface area contributed by atoms with E-state index >= 15 is 0 Å². The van der Waals surface area contributed by atoms with Gasteiger partial charge in [-0.3, -0.25) is 9.59 Å². The molecule has 0 bridgehead atoms. The Morgan fingerprint density at radius 2 is 1.95 bits per heavy atom. The van der Waals surface area contributed by atoms with Gasteiger partial charge in [-0.25, -0.2) is 0 Å². The van der Waals surface area contributed by atoms with Crippen molar-refractivity contribution in [1.82, 2.24) is 10.3 Å². The summed E-state index contributed by atoms with van der Waals surface area (Å²) in [6.45, 7) is 2.14. The van der Waals surface area contributed by atoms with Crippen LogP contribution in [0, 0.1) is 5.92 Å². The number of ketones is 1. The van der Waals surface area contributed by atoms with Crippen LogP contribution in [0.25, 0.3) is 10.9 Å². The first kappa shape index (κ1) is 13.9. The number of hydrogen-bond donors (Lipinski definition) is 2. The standard InChI is InChI=1S/C17H20N2O2/c1-11-6-2-4-8-14(11)19-17(21)16(20)13-10-18-15-9-5-3-7-12(13)15/h3,5,7,9-11,14,18H,2,4,6,8H2,1H3,(H,19,21)/t11-,14-/m1/s1. The predicted octanol–water partition coefficient (Wildman–Crippen LogP) is 3.05. The first-order valence-electron chi connectivity index (χ1n) is 7.58. The predicted molar refractivity (Wildman–Crippen MR) is 82.2 cm³/mol. The number of carbonyl (C=O) groups excluding carboxylic acids is 2. The van der Waals surface area contributed by atoms with E-state index in [0.29, 0.717) is 11.5 Å². The number of para-hydroxylation sites is 1. The average molecular weight is 284 g/mol. The van der Waals surface area contributed by atoms with Gasteiger partial charge in [-0.05, 0) is 24.8 Å². The molecule has 0 unspecified atom stereocenters. The molecule has 0 radical (unpaired) electrons. The van der Waals surface area contributed by atoms with Gasteiger partial charge in [0.2, 0.25) is 0 Å². The number of carbonyl (C=O) groups is 2. The van der Waals surface area contributed by atoms with Crippen LogP contribution >= 0.6 is 0 Å². The maximum atomic E-state index is 12.4. The molecular formula is C17H20N2O2. The Kier molecular flexibility index (Phi) is 3.78. The Labute approximate surface area is 123 Å². The topological polar surface area (TPSA) is 62.0 Å². The molecule has 3 rings (SSSR count). The summed E-state index contributed by atoms with van der Waals surface area (Å²) in [5.41, 5.74) is 1.33. The SMILES string of the molecule is C[C@@H]1CCCC[C@H]1NC(=O)C(=O)c1c[nH]c2ccccc12. The Balaban J connectivity index is 1.77. The van der Waals surface area contributed by atoms with Gasteiger partial charge in [-0.1, -0.05) is 38.0 Å². The number of nitrogens with one attached hydrogen (secondary N) is 2. The lowest BCUT2D eigenvalue weighted by Crippen LogP contribution is -2.44. The molecule has 1 aromatic heterocycles. The van der Waals surface area contributed by atoms with Crippen LogP contribution in [0.4, 0.5) is 0 Å². The van der Waals surface area contributed by atoms with Crippen LogP contribution in [-0.2, 0) is 4.79 Å². The fourth-order valence-corrected chi connectivity index (χ4v) is 3.15. The molecule has 1 fully saturated rings. The number of aromatic nitrogens is 1. The van der Waals surface area contributed by atoms with Crippen molar-refractivity contribution in [2.75, 3.05) is 0 Å². The molecule has 1 aliphatic rings. The van der Waals surface area contributed by atoms with Crippen LogP contribution in [0.2, 0.25) is 0 Å². The monoisotopic (exact) mass is 284 g/mol. The molecule has 1 amide bonds. The van der Waals surface area contributed by atoms with E-state index in [-0.39, 0.29) is 6.04 Å². The van der Waals surface area contributed by atoms with Crippen molar-refractivity contribution in [3.05, 3.63) is 36.0 Å². The molecule has 21 heavy (non-hydrogen) atoms. The van der Waals surface area contributed by atoms with Crippen LogP contribution in [-0.4, -0.2) is 22.7 Å². The van der Waals surface area contributed by atoms with E-state index in [1.807, 2.05) is 24.3 Å². The average Bonchev–Trinajstić information content (AvgIpc) is 2.92. The van der Waals surface area contributed by atoms with Gasteiger partial charge in [-0.15, -0.1) is 0 Å². The van der Waals surface area contributed by atoms with Crippen molar-refractivity contribution in [1.29, 1.82) is 0 Å². The van der Waals surface area contributed by atoms with Crippen LogP contribution < -0.4 is 5.32 Å². The second kappa shape index (κ2) is 5.72. The summed E-state index contributed by atoms with van der Waals surface area (Å²) in [7, 11) is 0. The summed E-state index contributed by atoms with van der Waals surface area (Å²) in [5, 5.41) is 3.72. The van der Waals surface area contributed by atoms with Gasteiger partial charge < -0.3 is 10.3 Å². The van der Waals surface area contributed by atoms with Crippen molar-refractivity contribution < 1.29 is 9.59 Å². The molecule has 1 saturated carbocycles. The van der Waals surface area contributed by atoms with E-state index in [1.54, 1.807) is 6.20 Å². The zero-order chi connectivity index (χ0) is 14.8. The lowest BCUT2D eigenvalue weighted by molar-refractivity contribution is -0.118. The quantitative estimate of drug-likeness (QED) is 0.672. The number of hydrogen-bond acceptors (Lipinski definition) is 2. The molecule has 4 heteroatoms. The van der Waals surface area contributed by atoms with Gasteiger partial charge in [0, 0.05) is 23.1 Å². The highest BCUT2D eigenvalue weighted by molar-refractivity contribution is 6.45. The fraction of sp³-hybridized carbons (Fsp3) is 0.412. The van der Waals surface area contributed by atoms with Crippen molar-refractivity contribution in [3.63, 3.8) is 0 Å². The highest BCUT2D eigenvalue weighted by Gasteiger charge is 2.27. The first-order valence-corrected chi connectivity index (χ1v) is 7.58. The molecule has 110 valence electrons. The van der Waals surface area contributed by atoms with Gasteiger partial charge in [0.15, 0.2) is 0 Å². The van der Waals surface area contributed by atoms with E-state index in [4.69, 9.17) is 0 Å². The van der Waals surface area contributed by atoms with Crippen LogP contribution in [0.15, 0.2) is 30.5 Å². The van der Waals surface area contributed by atoms with Crippen molar-refractivity contribution in [3.8, 4) is 0 Å². The van der Waals surface area contributed by atoms with Crippen LogP contribution in [0.5, 0.6) is 0 Å². The largest absolute Gasteiger partial charge is 0.360 e. The molecule has 2 atom stereocenters. The Hall–Kier alpha value is -2.10. The Morgan fingerprint density at radius 1 is 1.19 bits per heavy atom. The zero-order valence-corrected chi connectivity index (χ0v) is 12.2. The number of rotatable bonds is 3. The van der Waals surface area contributed by atoms with Gasteiger partial charge in [0.05, 0.1) is 5.56 Å². The molecule has 1 heterocycles. The molecule has 4 nitrogen and oxygen atoms in total. The summed E-state index contributed by atoms with van der Waals surface area (Å²) in [4.78, 5) is 27.6. The Bertz CT molecular complexity index is 674. The summed E-state index contributed by atoms with van der Waals surface area (Å²) < 4.78 is 0. The number of H-pyrrole nitrogens is 1. The number of aromatic amines is 1. The highest BCUT2D eigenvalue weighted by atomic mass is 16.2. The third-order valence-corrected chi connectivity index (χ3v) is 4.47. The van der Waals surface area contributed by atoms with Crippen molar-refractivity contribution >= 4 is 22.6 Å². The van der Waals surface area contributed by atoms with Gasteiger partial charge >= 0.3 is 0 Å². The van der Waals surface area contributed by atoms with E-state index in [2.05, 4.69) is 17.2 Å². The van der Waals surface area contributed by atoms with E-state index in [9.17, 15) is 9.59 Å². The fourth-order valence-electron chi connectivity index (χ4n) is 3.15. The maximum Gasteiger partial charge on any atom is 0.292 e. The molecule has 2 aromatic rings. The zero-order valence-electron chi connectivity index (χ0n) is 12.2. The van der Waals surface area contributed by atoms with E-state index in [1.165, 1.54) is 6.42 Å². The second-order valence-corrected chi connectivity index (χ2v) is 5.92. The molecular weight excluding hydrogens is 264 g/mol. The summed E-state index contributed by atoms with van der Waals surface area (Å²) >= 11 is 0. The molecule has 1 aromatic carbocycles. The smallest absolute Gasteiger partial charge is 0.292 e. The lowest BCUT2D eigenvalue weighted by Gasteiger charge is -2.29. The molecule has 0 spiro atoms. The van der Waals surface area contributed by atoms with E-state index < -0.39 is 11.7 Å². The first-order chi connectivity index (χ1) is 10.2. The van der Waals surface area contributed by atoms with Crippen molar-refractivity contribution in [2.24, 2.45) is 5.92 Å². The minimum absolute atomic E-state index is 0.125. The van der Waals surface area contributed by atoms with Gasteiger partial charge in [-0.2, -0.15) is 0 Å². The normalized spacial score (nSPS) is 22.1. The number of amides is 1. The summed E-state index contributed by atoms with van der Waals surface area (Å²) in [6, 6.07) is 7.65. The number of benzene rings is 1. The third-order valence-electron chi connectivity index (χ3n) is 4.47. The molecule has 1 aliphatic carbocycles. The second-order valence-electron chi connectivity index (χ2n) is 5.92. The van der Waals surface area contributed by atoms with Crippen LogP contribution in [0.3, 0.4) is 0 Å². The van der Waals surface area contributed by atoms with Crippen molar-refractivity contribution in [2.45, 2.75) is 38.6 Å². The van der Waals surface area contributed by atoms with Gasteiger partial charge in [0.1, 0.15) is 0 Å². The maximum absolute atomic E-state index is 12.4. The molecule has 0 aliphatic heterocycles. The highest BCUT2D eigenvalue weighted by Crippen LogP contribution is 2.24. The Morgan fingerprint density at radius 3 is 2.76 bits per heavy atom. The molecule has 0 saturated heterocycles. The third kappa shape index (κ3) is 2.71. The van der Waals surface area contributed by atoms with Gasteiger partial charge in [0.25, 0.3) is 11.7 Å². The lowest BCUT2D eigenvalue weighted by atomic mass is 9.86. The summed E-state index contributed by atoms with van der Waals surface area (Å²) in [5.74, 6) is -0.498. The molecule has 2 N–H and O–H groups in total. The number of Topliss-reactive ketones (excluding diaryl/α,β-unsaturated/α-hetero) is 1. The van der Waals surface area contributed by atoms with Crippen LogP contribution in [0.1, 0.15) is 43.0 Å². The minimum atomic E-state index is -0.487. The van der Waals surface area contributed by atoms with E-state index in [0.717, 1.165) is 30.2 Å². The minimum Gasteiger partial charge on any atom is -0.360 e.